The fourth-order valence-electron chi connectivity index (χ4n) is 2.52. The molecule has 0 aliphatic rings. The van der Waals surface area contributed by atoms with E-state index in [4.69, 9.17) is 4.42 Å². The Morgan fingerprint density at radius 1 is 1.22 bits per heavy atom. The molecule has 4 heteroatoms. The van der Waals surface area contributed by atoms with E-state index in [9.17, 15) is 9.50 Å². The van der Waals surface area contributed by atoms with E-state index < -0.39 is 6.10 Å². The summed E-state index contributed by atoms with van der Waals surface area (Å²) in [4.78, 5) is 2.11. The summed E-state index contributed by atoms with van der Waals surface area (Å²) in [5.41, 5.74) is 1.01. The lowest BCUT2D eigenvalue weighted by Gasteiger charge is -2.24. The van der Waals surface area contributed by atoms with Crippen molar-refractivity contribution in [2.75, 3.05) is 6.54 Å². The van der Waals surface area contributed by atoms with E-state index in [-0.39, 0.29) is 5.82 Å². The third-order valence-electron chi connectivity index (χ3n) is 3.67. The maximum atomic E-state index is 13.0. The lowest BCUT2D eigenvalue weighted by Crippen LogP contribution is -2.31. The summed E-state index contributed by atoms with van der Waals surface area (Å²) in [6.45, 7) is 7.36. The molecule has 0 saturated carbocycles. The molecule has 23 heavy (non-hydrogen) atoms. The lowest BCUT2D eigenvalue weighted by atomic mass is 10.1. The molecular formula is C19H24FNO2. The largest absolute Gasteiger partial charge is 0.465 e. The van der Waals surface area contributed by atoms with Crippen LogP contribution in [0.25, 0.3) is 0 Å². The molecule has 0 saturated heterocycles. The van der Waals surface area contributed by atoms with Gasteiger partial charge in [-0.2, -0.15) is 0 Å². The summed E-state index contributed by atoms with van der Waals surface area (Å²) < 4.78 is 18.7. The van der Waals surface area contributed by atoms with Crippen molar-refractivity contribution in [1.29, 1.82) is 0 Å². The van der Waals surface area contributed by atoms with E-state index in [1.165, 1.54) is 12.1 Å². The monoisotopic (exact) mass is 317 g/mol. The minimum atomic E-state index is -0.426. The lowest BCUT2D eigenvalue weighted by molar-refractivity contribution is 0.0943. The van der Waals surface area contributed by atoms with Crippen molar-refractivity contribution in [2.45, 2.75) is 39.0 Å². The number of halogens is 1. The van der Waals surface area contributed by atoms with Crippen LogP contribution in [0.15, 0.2) is 53.5 Å². The van der Waals surface area contributed by atoms with Gasteiger partial charge >= 0.3 is 0 Å². The second-order valence-corrected chi connectivity index (χ2v) is 5.83. The first-order valence-electron chi connectivity index (χ1n) is 7.88. The highest BCUT2D eigenvalue weighted by molar-refractivity contribution is 5.16. The molecular weight excluding hydrogens is 293 g/mol. The Balaban J connectivity index is 2.03. The number of benzene rings is 1. The van der Waals surface area contributed by atoms with Crippen LogP contribution in [-0.4, -0.2) is 22.7 Å². The Morgan fingerprint density at radius 2 is 1.96 bits per heavy atom. The smallest absolute Gasteiger partial charge is 0.123 e. The molecule has 124 valence electrons. The van der Waals surface area contributed by atoms with Crippen molar-refractivity contribution in [3.05, 3.63) is 72.0 Å². The topological polar surface area (TPSA) is 36.6 Å². The minimum absolute atomic E-state index is 0.243. The Labute approximate surface area is 137 Å². The molecule has 0 radical (unpaired) electrons. The summed E-state index contributed by atoms with van der Waals surface area (Å²) in [5.74, 6) is 1.49. The van der Waals surface area contributed by atoms with Crippen LogP contribution in [0, 0.1) is 12.7 Å². The van der Waals surface area contributed by atoms with E-state index in [1.807, 2.05) is 25.1 Å². The predicted molar refractivity (Wildman–Crippen MR) is 89.4 cm³/mol. The maximum Gasteiger partial charge on any atom is 0.123 e. The summed E-state index contributed by atoms with van der Waals surface area (Å²) >= 11 is 0. The van der Waals surface area contributed by atoms with Crippen molar-refractivity contribution in [2.24, 2.45) is 0 Å². The van der Waals surface area contributed by atoms with Crippen LogP contribution >= 0.6 is 0 Å². The van der Waals surface area contributed by atoms with Gasteiger partial charge in [-0.15, -0.1) is 6.58 Å². The number of aryl methyl sites for hydroxylation is 1. The molecule has 1 N–H and O–H groups in total. The molecule has 0 amide bonds. The molecule has 0 aliphatic carbocycles. The van der Waals surface area contributed by atoms with Crippen molar-refractivity contribution >= 4 is 0 Å². The SMILES string of the molecule is C=CCC[C@H](O)CN(Cc1ccc(F)cc1)Cc1ccc(C)o1. The van der Waals surface area contributed by atoms with Crippen LogP contribution in [-0.2, 0) is 13.1 Å². The first-order valence-corrected chi connectivity index (χ1v) is 7.88. The number of aliphatic hydroxyl groups excluding tert-OH is 1. The van der Waals surface area contributed by atoms with E-state index in [1.54, 1.807) is 12.1 Å². The average Bonchev–Trinajstić information content (AvgIpc) is 2.92. The summed E-state index contributed by atoms with van der Waals surface area (Å²) in [7, 11) is 0. The number of allylic oxidation sites excluding steroid dienone is 1. The molecule has 1 aromatic heterocycles. The highest BCUT2D eigenvalue weighted by Crippen LogP contribution is 2.14. The van der Waals surface area contributed by atoms with Gasteiger partial charge in [0.2, 0.25) is 0 Å². The highest BCUT2D eigenvalue weighted by atomic mass is 19.1. The number of hydrogen-bond acceptors (Lipinski definition) is 3. The molecule has 0 fully saturated rings. The molecule has 0 aliphatic heterocycles. The Bertz CT molecular complexity index is 606. The van der Waals surface area contributed by atoms with Gasteiger partial charge < -0.3 is 9.52 Å². The highest BCUT2D eigenvalue weighted by Gasteiger charge is 2.14. The van der Waals surface area contributed by atoms with Crippen molar-refractivity contribution in [1.82, 2.24) is 4.90 Å². The van der Waals surface area contributed by atoms with Gasteiger partial charge in [-0.1, -0.05) is 18.2 Å². The first kappa shape index (κ1) is 17.4. The predicted octanol–water partition coefficient (Wildman–Crippen LogP) is 4.06. The second kappa shape index (κ2) is 8.65. The molecule has 0 spiro atoms. The summed E-state index contributed by atoms with van der Waals surface area (Å²) in [6, 6.07) is 10.3. The fourth-order valence-corrected chi connectivity index (χ4v) is 2.52. The van der Waals surface area contributed by atoms with Gasteiger partial charge in [0.25, 0.3) is 0 Å². The van der Waals surface area contributed by atoms with Crippen LogP contribution in [0.5, 0.6) is 0 Å². The minimum Gasteiger partial charge on any atom is -0.465 e. The van der Waals surface area contributed by atoms with Crippen LogP contribution in [0.4, 0.5) is 4.39 Å². The zero-order valence-electron chi connectivity index (χ0n) is 13.5. The molecule has 0 unspecified atom stereocenters. The average molecular weight is 317 g/mol. The van der Waals surface area contributed by atoms with Crippen LogP contribution in [0.1, 0.15) is 29.9 Å². The van der Waals surface area contributed by atoms with E-state index >= 15 is 0 Å². The van der Waals surface area contributed by atoms with Gasteiger partial charge in [-0.05, 0) is 49.6 Å². The van der Waals surface area contributed by atoms with Gasteiger partial charge in [0.1, 0.15) is 17.3 Å². The van der Waals surface area contributed by atoms with E-state index in [2.05, 4.69) is 11.5 Å². The zero-order valence-corrected chi connectivity index (χ0v) is 13.5. The third-order valence-corrected chi connectivity index (χ3v) is 3.67. The Kier molecular flexibility index (Phi) is 6.56. The van der Waals surface area contributed by atoms with Crippen molar-refractivity contribution in [3.63, 3.8) is 0 Å². The van der Waals surface area contributed by atoms with Gasteiger partial charge in [0.15, 0.2) is 0 Å². The molecule has 0 bridgehead atoms. The van der Waals surface area contributed by atoms with Crippen LogP contribution < -0.4 is 0 Å². The standard InChI is InChI=1S/C19H24FNO2/c1-3-4-5-18(22)13-21(14-19-11-6-15(2)23-19)12-16-7-9-17(20)10-8-16/h3,6-11,18,22H,1,4-5,12-14H2,2H3/t18-/m0/s1. The van der Waals surface area contributed by atoms with Crippen LogP contribution in [0.2, 0.25) is 0 Å². The summed E-state index contributed by atoms with van der Waals surface area (Å²) in [6.07, 6.45) is 2.85. The summed E-state index contributed by atoms with van der Waals surface area (Å²) in [5, 5.41) is 10.2. The van der Waals surface area contributed by atoms with E-state index in [0.717, 1.165) is 23.5 Å². The second-order valence-electron chi connectivity index (χ2n) is 5.83. The van der Waals surface area contributed by atoms with Gasteiger partial charge in [0, 0.05) is 13.1 Å². The Morgan fingerprint density at radius 3 is 2.57 bits per heavy atom. The molecule has 1 heterocycles. The van der Waals surface area contributed by atoms with E-state index in [0.29, 0.717) is 26.1 Å². The number of furan rings is 1. The molecule has 1 aromatic carbocycles. The number of hydrogen-bond donors (Lipinski definition) is 1. The fraction of sp³-hybridized carbons (Fsp3) is 0.368. The van der Waals surface area contributed by atoms with Crippen molar-refractivity contribution in [3.8, 4) is 0 Å². The van der Waals surface area contributed by atoms with Gasteiger partial charge in [-0.3, -0.25) is 4.90 Å². The molecule has 1 atom stereocenters. The molecule has 2 rings (SSSR count). The normalized spacial score (nSPS) is 12.5. The van der Waals surface area contributed by atoms with Gasteiger partial charge in [0.05, 0.1) is 12.6 Å². The van der Waals surface area contributed by atoms with Crippen molar-refractivity contribution < 1.29 is 13.9 Å². The number of nitrogens with zero attached hydrogens (tertiary/aromatic N) is 1. The maximum absolute atomic E-state index is 13.0. The number of rotatable bonds is 9. The first-order chi connectivity index (χ1) is 11.1. The van der Waals surface area contributed by atoms with Gasteiger partial charge in [-0.25, -0.2) is 4.39 Å². The third kappa shape index (κ3) is 6.00. The van der Waals surface area contributed by atoms with Crippen LogP contribution in [0.3, 0.4) is 0 Å². The zero-order chi connectivity index (χ0) is 16.7. The molecule has 3 nitrogen and oxygen atoms in total. The Hall–Kier alpha value is -1.91. The quantitative estimate of drug-likeness (QED) is 0.709. The molecule has 2 aromatic rings. The number of aliphatic hydroxyl groups is 1.